The van der Waals surface area contributed by atoms with Gasteiger partial charge in [-0.15, -0.1) is 10.2 Å². The third-order valence-corrected chi connectivity index (χ3v) is 5.21. The topological polar surface area (TPSA) is 66.6 Å². The average molecular weight is 419 g/mol. The highest BCUT2D eigenvalue weighted by Crippen LogP contribution is 2.39. The molecule has 1 aliphatic rings. The first-order valence-electron chi connectivity index (χ1n) is 9.00. The molecule has 0 N–H and O–H groups in total. The number of nitrogens with zero attached hydrogens (tertiary/aromatic N) is 2. The number of aromatic nitrogens is 2. The molecule has 0 saturated heterocycles. The molecule has 8 heteroatoms. The van der Waals surface area contributed by atoms with Crippen LogP contribution in [0.4, 0.5) is 0 Å². The van der Waals surface area contributed by atoms with Crippen molar-refractivity contribution in [3.63, 3.8) is 0 Å². The highest BCUT2D eigenvalue weighted by molar-refractivity contribution is 7.98. The Labute approximate surface area is 172 Å². The van der Waals surface area contributed by atoms with Gasteiger partial charge in [0.2, 0.25) is 5.89 Å². The molecule has 4 rings (SSSR count). The normalized spacial score (nSPS) is 13.2. The summed E-state index contributed by atoms with van der Waals surface area (Å²) < 4.78 is 22.6. The zero-order chi connectivity index (χ0) is 19.3. The van der Waals surface area contributed by atoms with Crippen molar-refractivity contribution in [2.75, 3.05) is 19.8 Å². The molecule has 0 unspecified atom stereocenters. The zero-order valence-electron chi connectivity index (χ0n) is 15.3. The van der Waals surface area contributed by atoms with E-state index in [9.17, 15) is 0 Å². The maximum Gasteiger partial charge on any atom is 0.277 e. The SMILES string of the molecule is CCOc1ccc(-c2nnc(SCc3cc(Cl)c4c(c3)OCCCO4)o2)cc1. The van der Waals surface area contributed by atoms with Crippen molar-refractivity contribution in [2.45, 2.75) is 24.3 Å². The number of benzene rings is 2. The summed E-state index contributed by atoms with van der Waals surface area (Å²) in [5.74, 6) is 3.21. The van der Waals surface area contributed by atoms with Gasteiger partial charge < -0.3 is 18.6 Å². The number of ether oxygens (including phenoxy) is 3. The van der Waals surface area contributed by atoms with Gasteiger partial charge in [-0.1, -0.05) is 23.4 Å². The molecule has 0 aliphatic carbocycles. The number of rotatable bonds is 6. The van der Waals surface area contributed by atoms with Crippen LogP contribution in [-0.2, 0) is 5.75 Å². The van der Waals surface area contributed by atoms with Crippen LogP contribution in [0.15, 0.2) is 46.0 Å². The second-order valence-electron chi connectivity index (χ2n) is 6.07. The van der Waals surface area contributed by atoms with Gasteiger partial charge in [0.25, 0.3) is 5.22 Å². The molecule has 0 radical (unpaired) electrons. The van der Waals surface area contributed by atoms with Crippen LogP contribution in [0.3, 0.4) is 0 Å². The van der Waals surface area contributed by atoms with Gasteiger partial charge in [-0.3, -0.25) is 0 Å². The number of halogens is 1. The zero-order valence-corrected chi connectivity index (χ0v) is 16.9. The molecular weight excluding hydrogens is 400 g/mol. The molecule has 0 fully saturated rings. The average Bonchev–Trinajstić information content (AvgIpc) is 3.04. The first kappa shape index (κ1) is 19.0. The van der Waals surface area contributed by atoms with Crippen molar-refractivity contribution in [1.82, 2.24) is 10.2 Å². The molecule has 0 atom stereocenters. The van der Waals surface area contributed by atoms with Crippen molar-refractivity contribution in [3.8, 4) is 28.7 Å². The first-order valence-corrected chi connectivity index (χ1v) is 10.4. The second kappa shape index (κ2) is 8.75. The van der Waals surface area contributed by atoms with E-state index < -0.39 is 0 Å². The van der Waals surface area contributed by atoms with Crippen molar-refractivity contribution in [3.05, 3.63) is 47.0 Å². The summed E-state index contributed by atoms with van der Waals surface area (Å²) >= 11 is 7.79. The van der Waals surface area contributed by atoms with Crippen LogP contribution in [0.1, 0.15) is 18.9 Å². The number of hydrogen-bond donors (Lipinski definition) is 0. The fourth-order valence-corrected chi connectivity index (χ4v) is 3.74. The van der Waals surface area contributed by atoms with Gasteiger partial charge in [0.15, 0.2) is 11.5 Å². The van der Waals surface area contributed by atoms with E-state index in [0.717, 1.165) is 23.3 Å². The van der Waals surface area contributed by atoms with E-state index in [1.165, 1.54) is 11.8 Å². The maximum atomic E-state index is 6.35. The number of hydrogen-bond acceptors (Lipinski definition) is 7. The first-order chi connectivity index (χ1) is 13.7. The molecule has 2 aromatic carbocycles. The van der Waals surface area contributed by atoms with E-state index in [-0.39, 0.29) is 0 Å². The molecule has 0 bridgehead atoms. The summed E-state index contributed by atoms with van der Waals surface area (Å²) in [5, 5.41) is 9.29. The van der Waals surface area contributed by atoms with Crippen LogP contribution in [-0.4, -0.2) is 30.0 Å². The molecule has 0 saturated carbocycles. The summed E-state index contributed by atoms with van der Waals surface area (Å²) in [6, 6.07) is 11.4. The van der Waals surface area contributed by atoms with Crippen LogP contribution in [0.25, 0.3) is 11.5 Å². The van der Waals surface area contributed by atoms with Crippen LogP contribution < -0.4 is 14.2 Å². The Morgan fingerprint density at radius 2 is 1.93 bits per heavy atom. The Morgan fingerprint density at radius 1 is 1.11 bits per heavy atom. The molecule has 1 aromatic heterocycles. The smallest absolute Gasteiger partial charge is 0.277 e. The summed E-state index contributed by atoms with van der Waals surface area (Å²) in [7, 11) is 0. The summed E-state index contributed by atoms with van der Waals surface area (Å²) in [6.07, 6.45) is 0.839. The summed E-state index contributed by atoms with van der Waals surface area (Å²) in [5.41, 5.74) is 1.85. The third kappa shape index (κ3) is 4.36. The van der Waals surface area contributed by atoms with Crippen molar-refractivity contribution >= 4 is 23.4 Å². The highest BCUT2D eigenvalue weighted by atomic mass is 35.5. The number of thioether (sulfide) groups is 1. The van der Waals surface area contributed by atoms with Gasteiger partial charge in [0.05, 0.1) is 24.8 Å². The van der Waals surface area contributed by atoms with Gasteiger partial charge in [-0.2, -0.15) is 0 Å². The molecule has 3 aromatic rings. The quantitative estimate of drug-likeness (QED) is 0.507. The van der Waals surface area contributed by atoms with E-state index >= 15 is 0 Å². The van der Waals surface area contributed by atoms with E-state index in [0.29, 0.717) is 53.2 Å². The molecule has 6 nitrogen and oxygen atoms in total. The minimum atomic E-state index is 0.474. The van der Waals surface area contributed by atoms with Crippen molar-refractivity contribution < 1.29 is 18.6 Å². The fourth-order valence-electron chi connectivity index (χ4n) is 2.76. The lowest BCUT2D eigenvalue weighted by atomic mass is 10.2. The lowest BCUT2D eigenvalue weighted by molar-refractivity contribution is 0.297. The van der Waals surface area contributed by atoms with Crippen LogP contribution in [0.5, 0.6) is 17.2 Å². The predicted octanol–water partition coefficient (Wildman–Crippen LogP) is 5.24. The largest absolute Gasteiger partial charge is 0.494 e. The van der Waals surface area contributed by atoms with Crippen LogP contribution in [0.2, 0.25) is 5.02 Å². The van der Waals surface area contributed by atoms with Crippen LogP contribution in [0, 0.1) is 0 Å². The minimum Gasteiger partial charge on any atom is -0.494 e. The Morgan fingerprint density at radius 3 is 2.75 bits per heavy atom. The fraction of sp³-hybridized carbons (Fsp3) is 0.300. The van der Waals surface area contributed by atoms with Gasteiger partial charge in [-0.25, -0.2) is 0 Å². The van der Waals surface area contributed by atoms with Crippen molar-refractivity contribution in [1.29, 1.82) is 0 Å². The van der Waals surface area contributed by atoms with Gasteiger partial charge in [-0.05, 0) is 48.9 Å². The predicted molar refractivity (Wildman–Crippen MR) is 108 cm³/mol. The molecule has 28 heavy (non-hydrogen) atoms. The molecule has 0 spiro atoms. The molecule has 146 valence electrons. The van der Waals surface area contributed by atoms with Gasteiger partial charge in [0, 0.05) is 17.7 Å². The third-order valence-electron chi connectivity index (χ3n) is 4.04. The Balaban J connectivity index is 1.43. The Bertz CT molecular complexity index is 946. The van der Waals surface area contributed by atoms with Gasteiger partial charge >= 0.3 is 0 Å². The molecular formula is C20H19ClN2O4S. The minimum absolute atomic E-state index is 0.474. The van der Waals surface area contributed by atoms with Crippen molar-refractivity contribution in [2.24, 2.45) is 0 Å². The molecule has 0 amide bonds. The summed E-state index contributed by atoms with van der Waals surface area (Å²) in [6.45, 7) is 3.81. The lowest BCUT2D eigenvalue weighted by Crippen LogP contribution is -1.97. The van der Waals surface area contributed by atoms with E-state index in [4.69, 9.17) is 30.2 Å². The van der Waals surface area contributed by atoms with E-state index in [1.54, 1.807) is 0 Å². The van der Waals surface area contributed by atoms with E-state index in [2.05, 4.69) is 10.2 Å². The molecule has 2 heterocycles. The Hall–Kier alpha value is -2.38. The Kier molecular flexibility index (Phi) is 5.92. The number of fused-ring (bicyclic) bond motifs is 1. The summed E-state index contributed by atoms with van der Waals surface area (Å²) in [4.78, 5) is 0. The highest BCUT2D eigenvalue weighted by Gasteiger charge is 2.16. The lowest BCUT2D eigenvalue weighted by Gasteiger charge is -2.10. The second-order valence-corrected chi connectivity index (χ2v) is 7.41. The molecule has 1 aliphatic heterocycles. The van der Waals surface area contributed by atoms with Gasteiger partial charge in [0.1, 0.15) is 5.75 Å². The van der Waals surface area contributed by atoms with E-state index in [1.807, 2.05) is 43.3 Å². The standard InChI is InChI=1S/C20H19ClN2O4S/c1-2-24-15-6-4-14(5-7-15)19-22-23-20(27-19)28-12-13-10-16(21)18-17(11-13)25-8-3-9-26-18/h4-7,10-11H,2-3,8-9,12H2,1H3. The van der Waals surface area contributed by atoms with Crippen LogP contribution >= 0.6 is 23.4 Å². The maximum absolute atomic E-state index is 6.35. The monoisotopic (exact) mass is 418 g/mol.